The van der Waals surface area contributed by atoms with Crippen molar-refractivity contribution >= 4 is 28.5 Å². The molecule has 0 heterocycles. The van der Waals surface area contributed by atoms with Crippen LogP contribution in [0, 0.1) is 0 Å². The molecule has 0 amide bonds. The predicted octanol–water partition coefficient (Wildman–Crippen LogP) is 2.25. The molecule has 0 saturated heterocycles. The third-order valence-corrected chi connectivity index (χ3v) is 0.983. The van der Waals surface area contributed by atoms with Crippen molar-refractivity contribution in [3.63, 3.8) is 0 Å². The Balaban J connectivity index is -0.000000153. The fourth-order valence-corrected chi connectivity index (χ4v) is 0.333. The summed E-state index contributed by atoms with van der Waals surface area (Å²) in [5.74, 6) is 0. The molecule has 0 unspecified atom stereocenters. The first-order valence-electron chi connectivity index (χ1n) is 4.03. The van der Waals surface area contributed by atoms with Gasteiger partial charge in [-0.1, -0.05) is 0 Å². The van der Waals surface area contributed by atoms with Crippen molar-refractivity contribution in [1.29, 1.82) is 0 Å². The summed E-state index contributed by atoms with van der Waals surface area (Å²) in [6, 6.07) is 0. The molecule has 0 aromatic carbocycles. The Labute approximate surface area is 113 Å². The van der Waals surface area contributed by atoms with Crippen molar-refractivity contribution in [1.82, 2.24) is 0 Å². The molecule has 4 nitrogen and oxygen atoms in total. The standard InChI is InChI=1S/2C4H10O2.2BrH.Ni/c2*1-5-3-4-6-2;;;/h2*3-4H2,1-2H3;2*1H;/q;;;;+2/p-2. The first-order valence-corrected chi connectivity index (χ1v) is 8.91. The molecule has 15 heavy (non-hydrogen) atoms. The van der Waals surface area contributed by atoms with E-state index in [1.165, 1.54) is 10.9 Å². The van der Waals surface area contributed by atoms with Crippen LogP contribution in [-0.2, 0) is 29.8 Å². The zero-order chi connectivity index (χ0) is 12.4. The molecule has 0 aliphatic rings. The van der Waals surface area contributed by atoms with Gasteiger partial charge >= 0.3 is 39.3 Å². The first-order chi connectivity index (χ1) is 7.24. The first kappa shape index (κ1) is 21.6. The number of hydrogen-bond acceptors (Lipinski definition) is 4. The Morgan fingerprint density at radius 3 is 0.867 bits per heavy atom. The second-order valence-electron chi connectivity index (χ2n) is 2.02. The van der Waals surface area contributed by atoms with Crippen LogP contribution in [0.4, 0.5) is 0 Å². The van der Waals surface area contributed by atoms with Crippen LogP contribution >= 0.6 is 28.5 Å². The van der Waals surface area contributed by atoms with Gasteiger partial charge in [-0.2, -0.15) is 0 Å². The third kappa shape index (κ3) is 50.8. The summed E-state index contributed by atoms with van der Waals surface area (Å²) in [4.78, 5) is 0. The van der Waals surface area contributed by atoms with E-state index in [2.05, 4.69) is 47.4 Å². The van der Waals surface area contributed by atoms with Crippen LogP contribution in [0.25, 0.3) is 0 Å². The van der Waals surface area contributed by atoms with Crippen molar-refractivity contribution in [2.24, 2.45) is 0 Å². The van der Waals surface area contributed by atoms with Gasteiger partial charge in [0.1, 0.15) is 0 Å². The third-order valence-electron chi connectivity index (χ3n) is 0.983. The SMILES string of the molecule is COCCOC.COCCOC.[Br][Ni][Br]. The summed E-state index contributed by atoms with van der Waals surface area (Å²) in [5, 5.41) is 0. The van der Waals surface area contributed by atoms with Crippen LogP contribution in [-0.4, -0.2) is 54.9 Å². The van der Waals surface area contributed by atoms with Gasteiger partial charge in [0.15, 0.2) is 0 Å². The Kier molecular flexibility index (Phi) is 42.4. The summed E-state index contributed by atoms with van der Waals surface area (Å²) in [6.45, 7) is 2.76. The van der Waals surface area contributed by atoms with Gasteiger partial charge in [-0.3, -0.25) is 0 Å². The summed E-state index contributed by atoms with van der Waals surface area (Å²) in [6.07, 6.45) is 0. The molecule has 0 rings (SSSR count). The van der Waals surface area contributed by atoms with Crippen molar-refractivity contribution in [2.45, 2.75) is 0 Å². The van der Waals surface area contributed by atoms with Crippen LogP contribution in [0.2, 0.25) is 0 Å². The number of methoxy groups -OCH3 is 4. The predicted molar refractivity (Wildman–Crippen MR) is 65.4 cm³/mol. The monoisotopic (exact) mass is 396 g/mol. The zero-order valence-corrected chi connectivity index (χ0v) is 13.7. The Morgan fingerprint density at radius 2 is 0.800 bits per heavy atom. The Hall–Kier alpha value is 1.29. The van der Waals surface area contributed by atoms with Gasteiger partial charge in [-0.25, -0.2) is 0 Å². The molecular formula is C8H20Br2NiO4. The second-order valence-corrected chi connectivity index (χ2v) is 7.00. The molecule has 0 fully saturated rings. The van der Waals surface area contributed by atoms with Crippen LogP contribution in [0.3, 0.4) is 0 Å². The molecule has 0 bridgehead atoms. The quantitative estimate of drug-likeness (QED) is 0.508. The van der Waals surface area contributed by atoms with Gasteiger partial charge in [-0.05, 0) is 0 Å². The van der Waals surface area contributed by atoms with E-state index < -0.39 is 0 Å². The van der Waals surface area contributed by atoms with E-state index in [-0.39, 0.29) is 0 Å². The Morgan fingerprint density at radius 1 is 0.667 bits per heavy atom. The van der Waals surface area contributed by atoms with E-state index in [0.717, 1.165) is 0 Å². The topological polar surface area (TPSA) is 36.9 Å². The minimum absolute atomic E-state index is 0.691. The number of hydrogen-bond donors (Lipinski definition) is 0. The molecular weight excluding hydrogens is 379 g/mol. The van der Waals surface area contributed by atoms with Crippen LogP contribution in [0.1, 0.15) is 0 Å². The van der Waals surface area contributed by atoms with E-state index in [1.54, 1.807) is 28.4 Å². The van der Waals surface area contributed by atoms with Crippen molar-refractivity contribution in [2.75, 3.05) is 54.9 Å². The van der Waals surface area contributed by atoms with E-state index in [0.29, 0.717) is 26.4 Å². The van der Waals surface area contributed by atoms with E-state index in [9.17, 15) is 0 Å². The maximum absolute atomic E-state index is 4.66. The maximum atomic E-state index is 4.66. The fraction of sp³-hybridized carbons (Fsp3) is 1.00. The summed E-state index contributed by atoms with van der Waals surface area (Å²) >= 11 is 6.00. The number of ether oxygens (including phenoxy) is 4. The van der Waals surface area contributed by atoms with Gasteiger partial charge in [0.05, 0.1) is 26.4 Å². The van der Waals surface area contributed by atoms with Gasteiger partial charge in [0.25, 0.3) is 0 Å². The molecule has 0 aliphatic carbocycles. The van der Waals surface area contributed by atoms with Crippen LogP contribution in [0.5, 0.6) is 0 Å². The van der Waals surface area contributed by atoms with Gasteiger partial charge in [0.2, 0.25) is 0 Å². The molecule has 0 radical (unpaired) electrons. The molecule has 0 spiro atoms. The van der Waals surface area contributed by atoms with Crippen molar-refractivity contribution in [3.8, 4) is 0 Å². The molecule has 0 aliphatic heterocycles. The number of halogens is 2. The normalized spacial score (nSPS) is 8.67. The van der Waals surface area contributed by atoms with E-state index >= 15 is 0 Å². The second kappa shape index (κ2) is 29.5. The molecule has 0 aromatic heterocycles. The van der Waals surface area contributed by atoms with E-state index in [4.69, 9.17) is 0 Å². The Bertz CT molecular complexity index is 65.7. The fourth-order valence-electron chi connectivity index (χ4n) is 0.333. The molecule has 0 N–H and O–H groups in total. The summed E-state index contributed by atoms with van der Waals surface area (Å²) < 4.78 is 18.6. The minimum atomic E-state index is 0.691. The van der Waals surface area contributed by atoms with Gasteiger partial charge in [0, 0.05) is 28.4 Å². The van der Waals surface area contributed by atoms with Gasteiger partial charge < -0.3 is 18.9 Å². The molecule has 7 heteroatoms. The van der Waals surface area contributed by atoms with E-state index in [1.807, 2.05) is 0 Å². The molecule has 0 aromatic rings. The average Bonchev–Trinajstić information content (AvgIpc) is 2.25. The molecule has 0 atom stereocenters. The van der Waals surface area contributed by atoms with Crippen LogP contribution in [0.15, 0.2) is 0 Å². The molecule has 0 saturated carbocycles. The summed E-state index contributed by atoms with van der Waals surface area (Å²) in [5.41, 5.74) is 0. The molecule has 100 valence electrons. The van der Waals surface area contributed by atoms with Crippen molar-refractivity contribution < 1.29 is 29.8 Å². The van der Waals surface area contributed by atoms with Crippen LogP contribution < -0.4 is 0 Å². The zero-order valence-electron chi connectivity index (χ0n) is 9.53. The van der Waals surface area contributed by atoms with Crippen molar-refractivity contribution in [3.05, 3.63) is 0 Å². The number of rotatable bonds is 6. The van der Waals surface area contributed by atoms with Gasteiger partial charge in [-0.15, -0.1) is 0 Å². The summed E-state index contributed by atoms with van der Waals surface area (Å²) in [7, 11) is 7.86. The average molecular weight is 399 g/mol.